The summed E-state index contributed by atoms with van der Waals surface area (Å²) in [7, 11) is 1.59. The number of ether oxygens (including phenoxy) is 2. The summed E-state index contributed by atoms with van der Waals surface area (Å²) >= 11 is 3.40. The van der Waals surface area contributed by atoms with E-state index in [1.54, 1.807) is 30.6 Å². The van der Waals surface area contributed by atoms with Gasteiger partial charge in [-0.1, -0.05) is 24.8 Å². The zero-order valence-corrected chi connectivity index (χ0v) is 15.2. The Hall–Kier alpha value is -1.33. The zero-order valence-electron chi connectivity index (χ0n) is 13.6. The van der Waals surface area contributed by atoms with Crippen molar-refractivity contribution in [2.75, 3.05) is 12.9 Å². The van der Waals surface area contributed by atoms with Crippen molar-refractivity contribution in [3.05, 3.63) is 58.4 Å². The molecule has 0 aliphatic carbocycles. The molecule has 0 aromatic heterocycles. The molecule has 0 saturated heterocycles. The van der Waals surface area contributed by atoms with Crippen molar-refractivity contribution in [1.29, 1.82) is 0 Å². The van der Waals surface area contributed by atoms with Gasteiger partial charge in [0.2, 0.25) is 4.93 Å². The van der Waals surface area contributed by atoms with Gasteiger partial charge >= 0.3 is 5.97 Å². The van der Waals surface area contributed by atoms with E-state index in [-0.39, 0.29) is 5.97 Å². The first kappa shape index (κ1) is 16.5. The number of fused-ring (bicyclic) bond motifs is 1. The van der Waals surface area contributed by atoms with Gasteiger partial charge in [0.05, 0.1) is 12.9 Å². The quantitative estimate of drug-likeness (QED) is 0.751. The SMILES string of the molecule is C=CC1=C(OC)C2(CSCc3cc(C)c(C)cc3CS2)OC1=O. The topological polar surface area (TPSA) is 35.5 Å². The molecule has 1 aromatic rings. The minimum Gasteiger partial charge on any atom is -0.495 e. The second kappa shape index (κ2) is 6.29. The monoisotopic (exact) mass is 348 g/mol. The Morgan fingerprint density at radius 3 is 2.52 bits per heavy atom. The first-order valence-corrected chi connectivity index (χ1v) is 9.60. The van der Waals surface area contributed by atoms with Crippen molar-refractivity contribution in [2.24, 2.45) is 0 Å². The van der Waals surface area contributed by atoms with Crippen LogP contribution in [0.3, 0.4) is 0 Å². The summed E-state index contributed by atoms with van der Waals surface area (Å²) in [6.07, 6.45) is 1.53. The Balaban J connectivity index is 1.97. The number of methoxy groups -OCH3 is 1. The van der Waals surface area contributed by atoms with Crippen LogP contribution in [-0.4, -0.2) is 23.8 Å². The number of thioether (sulfide) groups is 2. The van der Waals surface area contributed by atoms with Crippen LogP contribution in [0, 0.1) is 13.8 Å². The maximum absolute atomic E-state index is 12.1. The number of hydrogen-bond acceptors (Lipinski definition) is 5. The second-order valence-corrected chi connectivity index (χ2v) is 8.00. The first-order valence-electron chi connectivity index (χ1n) is 7.46. The van der Waals surface area contributed by atoms with E-state index in [0.29, 0.717) is 17.1 Å². The average Bonchev–Trinajstić information content (AvgIpc) is 2.79. The van der Waals surface area contributed by atoms with Gasteiger partial charge < -0.3 is 9.47 Å². The van der Waals surface area contributed by atoms with E-state index in [2.05, 4.69) is 32.6 Å². The zero-order chi connectivity index (χ0) is 16.6. The van der Waals surface area contributed by atoms with E-state index >= 15 is 0 Å². The molecule has 1 spiro atoms. The van der Waals surface area contributed by atoms with Gasteiger partial charge in [0, 0.05) is 11.5 Å². The summed E-state index contributed by atoms with van der Waals surface area (Å²) in [5.41, 5.74) is 5.74. The molecule has 23 heavy (non-hydrogen) atoms. The van der Waals surface area contributed by atoms with Gasteiger partial charge in [-0.05, 0) is 36.1 Å². The van der Waals surface area contributed by atoms with Crippen LogP contribution in [0.4, 0.5) is 0 Å². The Bertz CT molecular complexity index is 708. The standard InChI is InChI=1S/C18H20O3S2/c1-5-15-16(20-4)18(21-17(15)19)10-22-8-13-6-11(2)12(3)7-14(13)9-23-18/h5-7H,1,8-10H2,2-4H3. The minimum atomic E-state index is -0.740. The molecule has 2 heterocycles. The normalized spacial score (nSPS) is 24.0. The van der Waals surface area contributed by atoms with E-state index < -0.39 is 4.93 Å². The van der Waals surface area contributed by atoms with Crippen LogP contribution >= 0.6 is 23.5 Å². The van der Waals surface area contributed by atoms with Crippen LogP contribution in [0.5, 0.6) is 0 Å². The van der Waals surface area contributed by atoms with Gasteiger partial charge in [-0.2, -0.15) is 11.8 Å². The lowest BCUT2D eigenvalue weighted by atomic mass is 10.0. The molecular weight excluding hydrogens is 328 g/mol. The molecule has 0 N–H and O–H groups in total. The fourth-order valence-corrected chi connectivity index (χ4v) is 5.67. The number of carbonyl (C=O) groups is 1. The Kier molecular flexibility index (Phi) is 4.52. The molecule has 0 fully saturated rings. The van der Waals surface area contributed by atoms with Crippen molar-refractivity contribution in [2.45, 2.75) is 30.3 Å². The highest BCUT2D eigenvalue weighted by molar-refractivity contribution is 8.03. The Labute approximate surface area is 145 Å². The van der Waals surface area contributed by atoms with Crippen LogP contribution in [0.1, 0.15) is 22.3 Å². The van der Waals surface area contributed by atoms with Crippen molar-refractivity contribution >= 4 is 29.5 Å². The van der Waals surface area contributed by atoms with Crippen molar-refractivity contribution in [3.8, 4) is 0 Å². The molecule has 0 saturated carbocycles. The lowest BCUT2D eigenvalue weighted by Crippen LogP contribution is -2.33. The molecular formula is C18H20O3S2. The fraction of sp³-hybridized carbons (Fsp3) is 0.389. The smallest absolute Gasteiger partial charge is 0.343 e. The Morgan fingerprint density at radius 1 is 1.26 bits per heavy atom. The molecule has 3 rings (SSSR count). The van der Waals surface area contributed by atoms with Gasteiger partial charge in [0.1, 0.15) is 5.57 Å². The number of carbonyl (C=O) groups excluding carboxylic acids is 1. The predicted octanol–water partition coefficient (Wildman–Crippen LogP) is 4.12. The molecule has 3 nitrogen and oxygen atoms in total. The van der Waals surface area contributed by atoms with E-state index in [0.717, 1.165) is 11.5 Å². The molecule has 2 aliphatic rings. The number of aryl methyl sites for hydroxylation is 2. The Morgan fingerprint density at radius 2 is 1.91 bits per heavy atom. The van der Waals surface area contributed by atoms with Crippen molar-refractivity contribution in [1.82, 2.24) is 0 Å². The second-order valence-electron chi connectivity index (χ2n) is 5.78. The van der Waals surface area contributed by atoms with Gasteiger partial charge in [-0.25, -0.2) is 4.79 Å². The molecule has 1 unspecified atom stereocenters. The largest absolute Gasteiger partial charge is 0.495 e. The minimum absolute atomic E-state index is 0.342. The summed E-state index contributed by atoms with van der Waals surface area (Å²) in [5, 5.41) is 0. The highest BCUT2D eigenvalue weighted by atomic mass is 32.2. The van der Waals surface area contributed by atoms with Crippen LogP contribution in [0.2, 0.25) is 0 Å². The van der Waals surface area contributed by atoms with E-state index in [1.807, 2.05) is 0 Å². The van der Waals surface area contributed by atoms with E-state index in [9.17, 15) is 4.79 Å². The van der Waals surface area contributed by atoms with Crippen molar-refractivity contribution < 1.29 is 14.3 Å². The van der Waals surface area contributed by atoms with Gasteiger partial charge in [0.25, 0.3) is 0 Å². The van der Waals surface area contributed by atoms with E-state index in [4.69, 9.17) is 9.47 Å². The molecule has 1 atom stereocenters. The molecule has 2 aliphatic heterocycles. The summed E-state index contributed by atoms with van der Waals surface area (Å²) in [5.74, 6) is 2.64. The first-order chi connectivity index (χ1) is 11.0. The average molecular weight is 348 g/mol. The summed E-state index contributed by atoms with van der Waals surface area (Å²) in [4.78, 5) is 11.4. The maximum Gasteiger partial charge on any atom is 0.343 e. The number of rotatable bonds is 2. The highest BCUT2D eigenvalue weighted by Gasteiger charge is 2.49. The van der Waals surface area contributed by atoms with Crippen LogP contribution in [0.25, 0.3) is 0 Å². The number of hydrogen-bond donors (Lipinski definition) is 0. The number of benzene rings is 1. The van der Waals surface area contributed by atoms with Crippen LogP contribution in [0.15, 0.2) is 36.1 Å². The summed E-state index contributed by atoms with van der Waals surface area (Å²) in [6, 6.07) is 4.53. The maximum atomic E-state index is 12.1. The van der Waals surface area contributed by atoms with Crippen LogP contribution < -0.4 is 0 Å². The fourth-order valence-electron chi connectivity index (χ4n) is 2.92. The molecule has 5 heteroatoms. The third-order valence-electron chi connectivity index (χ3n) is 4.30. The van der Waals surface area contributed by atoms with Gasteiger partial charge in [0.15, 0.2) is 5.76 Å². The van der Waals surface area contributed by atoms with Gasteiger partial charge in [-0.15, -0.1) is 11.8 Å². The molecule has 0 bridgehead atoms. The molecule has 1 aromatic carbocycles. The lowest BCUT2D eigenvalue weighted by Gasteiger charge is -2.31. The predicted molar refractivity (Wildman–Crippen MR) is 96.4 cm³/mol. The number of esters is 1. The lowest BCUT2D eigenvalue weighted by molar-refractivity contribution is -0.140. The summed E-state index contributed by atoms with van der Waals surface area (Å²) < 4.78 is 11.3. The molecule has 122 valence electrons. The van der Waals surface area contributed by atoms with Gasteiger partial charge in [-0.3, -0.25) is 0 Å². The summed E-state index contributed by atoms with van der Waals surface area (Å²) in [6.45, 7) is 7.99. The third-order valence-corrected chi connectivity index (χ3v) is 6.95. The molecule has 0 radical (unpaired) electrons. The highest BCUT2D eigenvalue weighted by Crippen LogP contribution is 2.48. The van der Waals surface area contributed by atoms with Crippen molar-refractivity contribution in [3.63, 3.8) is 0 Å². The van der Waals surface area contributed by atoms with Crippen LogP contribution in [-0.2, 0) is 25.8 Å². The third kappa shape index (κ3) is 2.81. The van der Waals surface area contributed by atoms with E-state index in [1.165, 1.54) is 28.3 Å². The molecule has 0 amide bonds.